The van der Waals surface area contributed by atoms with E-state index in [0.717, 1.165) is 24.0 Å². The summed E-state index contributed by atoms with van der Waals surface area (Å²) in [6, 6.07) is 17.0. The normalized spacial score (nSPS) is 18.6. The van der Waals surface area contributed by atoms with E-state index in [9.17, 15) is 9.59 Å². The van der Waals surface area contributed by atoms with Gasteiger partial charge in [-0.1, -0.05) is 53.6 Å². The van der Waals surface area contributed by atoms with E-state index in [1.807, 2.05) is 47.4 Å². The summed E-state index contributed by atoms with van der Waals surface area (Å²) in [5.41, 5.74) is 5.53. The highest BCUT2D eigenvalue weighted by molar-refractivity contribution is 5.89. The molecule has 1 saturated carbocycles. The highest BCUT2D eigenvalue weighted by Crippen LogP contribution is 2.40. The fraction of sp³-hybridized carbons (Fsp3) is 0.360. The third-order valence-corrected chi connectivity index (χ3v) is 6.08. The van der Waals surface area contributed by atoms with Crippen LogP contribution >= 0.6 is 0 Å². The molecular formula is C25H27NO4. The minimum atomic E-state index is -0.360. The zero-order valence-electron chi connectivity index (χ0n) is 17.3. The second-order valence-electron chi connectivity index (χ2n) is 7.88. The lowest BCUT2D eigenvalue weighted by Crippen LogP contribution is -2.40. The first-order valence-electron chi connectivity index (χ1n) is 10.5. The van der Waals surface area contributed by atoms with E-state index in [0.29, 0.717) is 12.1 Å². The summed E-state index contributed by atoms with van der Waals surface area (Å²) in [4.78, 5) is 26.5. The molecule has 5 nitrogen and oxygen atoms in total. The molecule has 5 heteroatoms. The van der Waals surface area contributed by atoms with Gasteiger partial charge in [-0.2, -0.15) is 0 Å². The fourth-order valence-corrected chi connectivity index (χ4v) is 4.16. The Morgan fingerprint density at radius 1 is 0.967 bits per heavy atom. The maximum absolute atomic E-state index is 13.0. The number of carbonyl (C=O) groups excluding carboxylic acids is 2. The van der Waals surface area contributed by atoms with Gasteiger partial charge in [0.2, 0.25) is 0 Å². The molecule has 2 aliphatic rings. The molecule has 2 aromatic carbocycles. The highest BCUT2D eigenvalue weighted by Gasteiger charge is 2.33. The van der Waals surface area contributed by atoms with E-state index in [-0.39, 0.29) is 24.7 Å². The van der Waals surface area contributed by atoms with Crippen LogP contribution in [0.4, 0.5) is 4.79 Å². The molecule has 1 heterocycles. The van der Waals surface area contributed by atoms with Gasteiger partial charge in [0.15, 0.2) is 0 Å². The average Bonchev–Trinajstić information content (AvgIpc) is 2.76. The van der Waals surface area contributed by atoms with Gasteiger partial charge in [-0.25, -0.2) is 9.59 Å². The summed E-state index contributed by atoms with van der Waals surface area (Å²) >= 11 is 0. The summed E-state index contributed by atoms with van der Waals surface area (Å²) in [7, 11) is 1.37. The second-order valence-corrected chi connectivity index (χ2v) is 7.88. The van der Waals surface area contributed by atoms with Crippen LogP contribution in [-0.2, 0) is 16.1 Å². The van der Waals surface area contributed by atoms with Crippen LogP contribution in [-0.4, -0.2) is 30.6 Å². The van der Waals surface area contributed by atoms with Crippen LogP contribution < -0.4 is 0 Å². The topological polar surface area (TPSA) is 55.8 Å². The first kappa shape index (κ1) is 20.2. The quantitative estimate of drug-likeness (QED) is 0.503. The standard InChI is InChI=1S/C25H27NO4/c1-29-24(27)21-12-10-20(11-13-21)23-16-22(19-8-5-9-19)14-15-26(23)25(28)30-17-18-6-3-2-4-7-18/h2-4,6-7,10-13,23H,5,8-9,14-17H2,1H3/t23-/m0/s1. The predicted molar refractivity (Wildman–Crippen MR) is 114 cm³/mol. The molecule has 1 atom stereocenters. The van der Waals surface area contributed by atoms with Crippen molar-refractivity contribution in [2.45, 2.75) is 44.8 Å². The number of hydrogen-bond acceptors (Lipinski definition) is 4. The van der Waals surface area contributed by atoms with Crippen molar-refractivity contribution in [3.05, 3.63) is 82.4 Å². The van der Waals surface area contributed by atoms with Gasteiger partial charge in [-0.05, 0) is 55.4 Å². The number of hydrogen-bond donors (Lipinski definition) is 0. The van der Waals surface area contributed by atoms with Crippen molar-refractivity contribution < 1.29 is 19.1 Å². The number of nitrogens with zero attached hydrogens (tertiary/aromatic N) is 1. The number of benzene rings is 2. The van der Waals surface area contributed by atoms with E-state index < -0.39 is 0 Å². The Morgan fingerprint density at radius 2 is 1.70 bits per heavy atom. The van der Waals surface area contributed by atoms with E-state index in [1.165, 1.54) is 31.9 Å². The molecule has 30 heavy (non-hydrogen) atoms. The van der Waals surface area contributed by atoms with Crippen LogP contribution in [0.15, 0.2) is 65.7 Å². The number of ether oxygens (including phenoxy) is 2. The fourth-order valence-electron chi connectivity index (χ4n) is 4.16. The van der Waals surface area contributed by atoms with Crippen LogP contribution in [0.2, 0.25) is 0 Å². The number of allylic oxidation sites excluding steroid dienone is 1. The van der Waals surface area contributed by atoms with Gasteiger partial charge in [0.05, 0.1) is 18.7 Å². The van der Waals surface area contributed by atoms with Crippen LogP contribution in [0.1, 0.15) is 59.6 Å². The van der Waals surface area contributed by atoms with Crippen molar-refractivity contribution in [3.63, 3.8) is 0 Å². The van der Waals surface area contributed by atoms with Gasteiger partial charge in [0.25, 0.3) is 0 Å². The molecule has 0 aromatic heterocycles. The molecule has 1 aliphatic heterocycles. The van der Waals surface area contributed by atoms with E-state index >= 15 is 0 Å². The van der Waals surface area contributed by atoms with Gasteiger partial charge >= 0.3 is 12.1 Å². The monoisotopic (exact) mass is 405 g/mol. The predicted octanol–water partition coefficient (Wildman–Crippen LogP) is 5.43. The van der Waals surface area contributed by atoms with E-state index in [4.69, 9.17) is 9.47 Å². The van der Waals surface area contributed by atoms with E-state index in [1.54, 1.807) is 17.7 Å². The molecule has 4 rings (SSSR count). The summed E-state index contributed by atoms with van der Waals surface area (Å²) in [5, 5.41) is 0. The van der Waals surface area contributed by atoms with Gasteiger partial charge < -0.3 is 14.4 Å². The third kappa shape index (κ3) is 4.40. The lowest BCUT2D eigenvalue weighted by Gasteiger charge is -2.38. The van der Waals surface area contributed by atoms with Gasteiger partial charge in [-0.3, -0.25) is 0 Å². The number of amides is 1. The van der Waals surface area contributed by atoms with Gasteiger partial charge in [-0.15, -0.1) is 0 Å². The van der Waals surface area contributed by atoms with Crippen LogP contribution in [0.25, 0.3) is 0 Å². The largest absolute Gasteiger partial charge is 0.465 e. The Kier molecular flexibility index (Phi) is 6.17. The minimum Gasteiger partial charge on any atom is -0.465 e. The van der Waals surface area contributed by atoms with Crippen molar-refractivity contribution in [1.82, 2.24) is 4.90 Å². The Hall–Kier alpha value is -3.08. The summed E-state index contributed by atoms with van der Waals surface area (Å²) in [6.45, 7) is 0.911. The molecule has 1 aliphatic carbocycles. The number of likely N-dealkylation sites (tertiary alicyclic amines) is 1. The number of rotatable bonds is 4. The zero-order chi connectivity index (χ0) is 20.9. The lowest BCUT2D eigenvalue weighted by atomic mass is 9.81. The van der Waals surface area contributed by atoms with Crippen LogP contribution in [0.3, 0.4) is 0 Å². The Balaban J connectivity index is 1.53. The SMILES string of the molecule is COC(=O)c1ccc([C@@H]2CC(=C3CCC3)CCN2C(=O)OCc2ccccc2)cc1. The Bertz CT molecular complexity index is 927. The van der Waals surface area contributed by atoms with Crippen molar-refractivity contribution in [2.75, 3.05) is 13.7 Å². The second kappa shape index (κ2) is 9.16. The molecule has 156 valence electrons. The Morgan fingerprint density at radius 3 is 2.33 bits per heavy atom. The molecule has 0 bridgehead atoms. The van der Waals surface area contributed by atoms with Crippen molar-refractivity contribution in [2.24, 2.45) is 0 Å². The molecule has 2 aromatic rings. The lowest BCUT2D eigenvalue weighted by molar-refractivity contribution is 0.0599. The van der Waals surface area contributed by atoms with Crippen molar-refractivity contribution in [1.29, 1.82) is 0 Å². The van der Waals surface area contributed by atoms with Gasteiger partial charge in [0.1, 0.15) is 6.61 Å². The maximum Gasteiger partial charge on any atom is 0.410 e. The summed E-state index contributed by atoms with van der Waals surface area (Å²) in [5.74, 6) is -0.360. The molecule has 1 amide bonds. The summed E-state index contributed by atoms with van der Waals surface area (Å²) < 4.78 is 10.4. The first-order chi connectivity index (χ1) is 14.7. The third-order valence-electron chi connectivity index (χ3n) is 6.08. The smallest absolute Gasteiger partial charge is 0.410 e. The number of esters is 1. The molecule has 0 unspecified atom stereocenters. The van der Waals surface area contributed by atoms with E-state index in [2.05, 4.69) is 0 Å². The molecule has 2 fully saturated rings. The summed E-state index contributed by atoms with van der Waals surface area (Å²) in [6.07, 6.45) is 5.07. The number of methoxy groups -OCH3 is 1. The van der Waals surface area contributed by atoms with Crippen LogP contribution in [0, 0.1) is 0 Å². The first-order valence-corrected chi connectivity index (χ1v) is 10.5. The zero-order valence-corrected chi connectivity index (χ0v) is 17.3. The molecule has 0 spiro atoms. The molecule has 0 radical (unpaired) electrons. The maximum atomic E-state index is 13.0. The highest BCUT2D eigenvalue weighted by atomic mass is 16.6. The molecule has 0 N–H and O–H groups in total. The molecular weight excluding hydrogens is 378 g/mol. The van der Waals surface area contributed by atoms with Gasteiger partial charge in [0, 0.05) is 6.54 Å². The number of carbonyl (C=O) groups is 2. The Labute approximate surface area is 177 Å². The number of piperidine rings is 1. The van der Waals surface area contributed by atoms with Crippen molar-refractivity contribution >= 4 is 12.1 Å². The van der Waals surface area contributed by atoms with Crippen molar-refractivity contribution in [3.8, 4) is 0 Å². The molecule has 1 saturated heterocycles. The minimum absolute atomic E-state index is 0.0863. The average molecular weight is 405 g/mol. The van der Waals surface area contributed by atoms with Crippen LogP contribution in [0.5, 0.6) is 0 Å².